The fourth-order valence-electron chi connectivity index (χ4n) is 7.70. The number of carbonyl (C=O) groups excluding carboxylic acids is 2. The minimum Gasteiger partial charge on any atom is -0.497 e. The van der Waals surface area contributed by atoms with Crippen LogP contribution in [0.15, 0.2) is 30.4 Å². The zero-order valence-corrected chi connectivity index (χ0v) is 20.9. The number of fused-ring (bicyclic) bond motifs is 5. The van der Waals surface area contributed by atoms with Gasteiger partial charge in [0.15, 0.2) is 0 Å². The third kappa shape index (κ3) is 4.32. The quantitative estimate of drug-likeness (QED) is 0.413. The van der Waals surface area contributed by atoms with Gasteiger partial charge < -0.3 is 10.1 Å². The van der Waals surface area contributed by atoms with E-state index in [1.54, 1.807) is 12.7 Å². The molecule has 5 rings (SSSR count). The summed E-state index contributed by atoms with van der Waals surface area (Å²) in [6.07, 6.45) is 14.9. The van der Waals surface area contributed by atoms with Crippen LogP contribution in [0, 0.1) is 17.3 Å². The van der Waals surface area contributed by atoms with E-state index in [1.807, 2.05) is 0 Å². The first-order valence-electron chi connectivity index (χ1n) is 13.4. The normalized spacial score (nSPS) is 32.0. The van der Waals surface area contributed by atoms with Gasteiger partial charge in [-0.25, -0.2) is 0 Å². The van der Waals surface area contributed by atoms with Crippen LogP contribution in [0.5, 0.6) is 5.75 Å². The minimum atomic E-state index is -0.161. The van der Waals surface area contributed by atoms with Gasteiger partial charge in [-0.15, -0.1) is 0 Å². The van der Waals surface area contributed by atoms with Crippen molar-refractivity contribution in [3.63, 3.8) is 0 Å². The van der Waals surface area contributed by atoms with Gasteiger partial charge in [0.05, 0.1) is 7.11 Å². The molecule has 0 radical (unpaired) electrons. The highest BCUT2D eigenvalue weighted by Gasteiger charge is 2.54. The highest BCUT2D eigenvalue weighted by Crippen LogP contribution is 2.61. The van der Waals surface area contributed by atoms with Gasteiger partial charge in [-0.05, 0) is 104 Å². The van der Waals surface area contributed by atoms with E-state index in [4.69, 9.17) is 4.74 Å². The molecular weight excluding hydrogens is 424 g/mol. The van der Waals surface area contributed by atoms with Gasteiger partial charge in [0.25, 0.3) is 11.8 Å². The fraction of sp³-hybridized carbons (Fsp3) is 0.655. The van der Waals surface area contributed by atoms with Crippen LogP contribution >= 0.6 is 0 Å². The molecule has 1 heterocycles. The molecular formula is C29H40N2O3. The standard InChI is InChI=1S/C29H40N2O3/c1-29-16-15-23-22-10-8-21(34-2)19-20(22)7-9-24(23)25(29)11-12-26(29)30-17-5-3-4-6-18-31-27(32)13-14-28(31)33/h8,10,13-14,19,23-26,30H,3-7,9,11-12,15-18H2,1-2H3/t23?,24?,25?,26-,29-/m0/s1. The molecule has 2 saturated carbocycles. The third-order valence-electron chi connectivity index (χ3n) is 9.53. The smallest absolute Gasteiger partial charge is 0.253 e. The Labute approximate surface area is 204 Å². The molecule has 0 aromatic heterocycles. The van der Waals surface area contributed by atoms with E-state index in [9.17, 15) is 9.59 Å². The van der Waals surface area contributed by atoms with E-state index >= 15 is 0 Å². The number of rotatable bonds is 9. The number of aryl methyl sites for hydroxylation is 1. The van der Waals surface area contributed by atoms with Crippen molar-refractivity contribution in [1.29, 1.82) is 0 Å². The molecule has 4 aliphatic rings. The van der Waals surface area contributed by atoms with Crippen molar-refractivity contribution in [2.75, 3.05) is 20.2 Å². The predicted molar refractivity (Wildman–Crippen MR) is 134 cm³/mol. The Balaban J connectivity index is 1.08. The molecule has 0 bridgehead atoms. The minimum absolute atomic E-state index is 0.161. The Morgan fingerprint density at radius 2 is 1.82 bits per heavy atom. The maximum absolute atomic E-state index is 11.6. The van der Waals surface area contributed by atoms with Crippen LogP contribution in [0.2, 0.25) is 0 Å². The fourth-order valence-corrected chi connectivity index (χ4v) is 7.70. The Kier molecular flexibility index (Phi) is 6.83. The van der Waals surface area contributed by atoms with Crippen LogP contribution < -0.4 is 10.1 Å². The summed E-state index contributed by atoms with van der Waals surface area (Å²) in [5.41, 5.74) is 3.55. The lowest BCUT2D eigenvalue weighted by atomic mass is 9.55. The number of methoxy groups -OCH3 is 1. The number of nitrogens with zero attached hydrogens (tertiary/aromatic N) is 1. The zero-order valence-electron chi connectivity index (χ0n) is 20.9. The summed E-state index contributed by atoms with van der Waals surface area (Å²) in [7, 11) is 1.77. The highest BCUT2D eigenvalue weighted by atomic mass is 16.5. The Hall–Kier alpha value is -2.14. The van der Waals surface area contributed by atoms with E-state index in [0.717, 1.165) is 49.3 Å². The van der Waals surface area contributed by atoms with Gasteiger partial charge in [0.2, 0.25) is 0 Å². The molecule has 3 unspecified atom stereocenters. The van der Waals surface area contributed by atoms with E-state index < -0.39 is 0 Å². The molecule has 5 atom stereocenters. The van der Waals surface area contributed by atoms with E-state index in [-0.39, 0.29) is 11.8 Å². The number of hydrogen-bond donors (Lipinski definition) is 1. The molecule has 2 fully saturated rings. The number of carbonyl (C=O) groups is 2. The number of benzene rings is 1. The second kappa shape index (κ2) is 9.85. The van der Waals surface area contributed by atoms with Crippen molar-refractivity contribution < 1.29 is 14.3 Å². The maximum atomic E-state index is 11.6. The van der Waals surface area contributed by atoms with Crippen LogP contribution in [0.25, 0.3) is 0 Å². The van der Waals surface area contributed by atoms with Crippen molar-refractivity contribution in [2.24, 2.45) is 17.3 Å². The lowest BCUT2D eigenvalue weighted by Gasteiger charge is -2.51. The van der Waals surface area contributed by atoms with Crippen LogP contribution in [0.1, 0.15) is 81.8 Å². The molecule has 0 saturated heterocycles. The summed E-state index contributed by atoms with van der Waals surface area (Å²) >= 11 is 0. The monoisotopic (exact) mass is 464 g/mol. The summed E-state index contributed by atoms with van der Waals surface area (Å²) < 4.78 is 5.48. The average Bonchev–Trinajstić information content (AvgIpc) is 3.36. The van der Waals surface area contributed by atoms with Crippen LogP contribution in [0.4, 0.5) is 0 Å². The van der Waals surface area contributed by atoms with Crippen LogP contribution in [0.3, 0.4) is 0 Å². The molecule has 0 spiro atoms. The molecule has 1 aromatic rings. The number of hydrogen-bond acceptors (Lipinski definition) is 4. The summed E-state index contributed by atoms with van der Waals surface area (Å²) in [6, 6.07) is 7.42. The summed E-state index contributed by atoms with van der Waals surface area (Å²) in [5.74, 6) is 3.08. The van der Waals surface area contributed by atoms with Gasteiger partial charge in [0.1, 0.15) is 5.75 Å². The first-order chi connectivity index (χ1) is 16.5. The first-order valence-corrected chi connectivity index (χ1v) is 13.4. The molecule has 5 heteroatoms. The van der Waals surface area contributed by atoms with E-state index in [0.29, 0.717) is 18.0 Å². The Bertz CT molecular complexity index is 939. The molecule has 2 amide bonds. The third-order valence-corrected chi connectivity index (χ3v) is 9.53. The van der Waals surface area contributed by atoms with Crippen molar-refractivity contribution in [1.82, 2.24) is 10.2 Å². The molecule has 1 N–H and O–H groups in total. The number of imide groups is 1. The number of unbranched alkanes of at least 4 members (excludes halogenated alkanes) is 3. The second-order valence-electron chi connectivity index (χ2n) is 11.2. The second-order valence-corrected chi connectivity index (χ2v) is 11.2. The lowest BCUT2D eigenvalue weighted by molar-refractivity contribution is -0.136. The number of ether oxygens (including phenoxy) is 1. The van der Waals surface area contributed by atoms with E-state index in [1.165, 1.54) is 67.6 Å². The molecule has 3 aliphatic carbocycles. The van der Waals surface area contributed by atoms with Gasteiger partial charge in [-0.2, -0.15) is 0 Å². The average molecular weight is 465 g/mol. The molecule has 34 heavy (non-hydrogen) atoms. The van der Waals surface area contributed by atoms with Gasteiger partial charge in [-0.1, -0.05) is 25.8 Å². The Morgan fingerprint density at radius 1 is 1.03 bits per heavy atom. The predicted octanol–water partition coefficient (Wildman–Crippen LogP) is 4.99. The van der Waals surface area contributed by atoms with Gasteiger partial charge >= 0.3 is 0 Å². The molecule has 1 aliphatic heterocycles. The van der Waals surface area contributed by atoms with Gasteiger partial charge in [0, 0.05) is 24.7 Å². The molecule has 1 aromatic carbocycles. The lowest BCUT2D eigenvalue weighted by Crippen LogP contribution is -2.48. The van der Waals surface area contributed by atoms with Crippen LogP contribution in [-0.2, 0) is 16.0 Å². The van der Waals surface area contributed by atoms with Gasteiger partial charge in [-0.3, -0.25) is 14.5 Å². The highest BCUT2D eigenvalue weighted by molar-refractivity contribution is 6.12. The van der Waals surface area contributed by atoms with Crippen molar-refractivity contribution in [3.8, 4) is 5.75 Å². The van der Waals surface area contributed by atoms with Crippen molar-refractivity contribution >= 4 is 11.8 Å². The summed E-state index contributed by atoms with van der Waals surface area (Å²) in [5, 5.41) is 3.95. The SMILES string of the molecule is COc1ccc2c(c1)CCC1C2CC[C@@]2(C)C1CC[C@@H]2NCCCCCCN1C(=O)C=CC1=O. The Morgan fingerprint density at radius 3 is 2.62 bits per heavy atom. The van der Waals surface area contributed by atoms with Crippen LogP contribution in [-0.4, -0.2) is 43.0 Å². The first kappa shape index (κ1) is 23.6. The summed E-state index contributed by atoms with van der Waals surface area (Å²) in [6.45, 7) is 4.20. The van der Waals surface area contributed by atoms with Crippen molar-refractivity contribution in [3.05, 3.63) is 41.5 Å². The topological polar surface area (TPSA) is 58.6 Å². The largest absolute Gasteiger partial charge is 0.497 e. The zero-order chi connectivity index (χ0) is 23.7. The number of amides is 2. The molecule has 184 valence electrons. The molecule has 5 nitrogen and oxygen atoms in total. The van der Waals surface area contributed by atoms with E-state index in [2.05, 4.69) is 30.4 Å². The number of nitrogens with one attached hydrogen (secondary N) is 1. The maximum Gasteiger partial charge on any atom is 0.253 e. The summed E-state index contributed by atoms with van der Waals surface area (Å²) in [4.78, 5) is 24.6. The van der Waals surface area contributed by atoms with Crippen molar-refractivity contribution in [2.45, 2.75) is 83.1 Å².